The molecule has 0 spiro atoms. The van der Waals surface area contributed by atoms with Crippen molar-refractivity contribution in [3.63, 3.8) is 0 Å². The molecule has 0 saturated heterocycles. The smallest absolute Gasteiger partial charge is 0.243 e. The molecule has 0 aliphatic rings. The Labute approximate surface area is 108 Å². The van der Waals surface area contributed by atoms with E-state index >= 15 is 0 Å². The van der Waals surface area contributed by atoms with Crippen molar-refractivity contribution in [1.82, 2.24) is 9.55 Å². The van der Waals surface area contributed by atoms with Gasteiger partial charge in [0, 0.05) is 0 Å². The predicted octanol–water partition coefficient (Wildman–Crippen LogP) is 2.57. The summed E-state index contributed by atoms with van der Waals surface area (Å²) >= 11 is 11.3. The number of para-hydroxylation sites is 1. The number of benzene rings is 1. The first-order valence-electron chi connectivity index (χ1n) is 5.05. The van der Waals surface area contributed by atoms with Crippen LogP contribution in [0.15, 0.2) is 18.2 Å². The Morgan fingerprint density at radius 3 is 2.76 bits per heavy atom. The molecule has 90 valence electrons. The van der Waals surface area contributed by atoms with Crippen molar-refractivity contribution < 1.29 is 4.79 Å². The fourth-order valence-corrected chi connectivity index (χ4v) is 2.41. The fourth-order valence-electron chi connectivity index (χ4n) is 1.76. The molecule has 1 aromatic heterocycles. The lowest BCUT2D eigenvalue weighted by Crippen LogP contribution is -2.41. The molecule has 2 aromatic rings. The van der Waals surface area contributed by atoms with Crippen LogP contribution in [0.4, 0.5) is 0 Å². The van der Waals surface area contributed by atoms with E-state index in [1.807, 2.05) is 6.07 Å². The normalized spacial score (nSPS) is 11.9. The molecule has 0 atom stereocenters. The molecule has 0 aliphatic heterocycles. The van der Waals surface area contributed by atoms with Crippen LogP contribution in [0.2, 0.25) is 5.02 Å². The minimum absolute atomic E-state index is 0.428. The Morgan fingerprint density at radius 1 is 1.53 bits per heavy atom. The molecule has 2 rings (SSSR count). The number of H-pyrrole nitrogens is 1. The van der Waals surface area contributed by atoms with Gasteiger partial charge in [0.25, 0.3) is 0 Å². The summed E-state index contributed by atoms with van der Waals surface area (Å²) in [6.45, 7) is 3.44. The summed E-state index contributed by atoms with van der Waals surface area (Å²) in [7, 11) is 0. The lowest BCUT2D eigenvalue weighted by Gasteiger charge is -2.23. The highest BCUT2D eigenvalue weighted by molar-refractivity contribution is 7.71. The summed E-state index contributed by atoms with van der Waals surface area (Å²) in [6, 6.07) is 5.41. The number of aromatic nitrogens is 2. The number of fused-ring (bicyclic) bond motifs is 1. The zero-order chi connectivity index (χ0) is 12.8. The van der Waals surface area contributed by atoms with Gasteiger partial charge in [0.1, 0.15) is 5.54 Å². The van der Waals surface area contributed by atoms with Crippen molar-refractivity contribution in [3.05, 3.63) is 28.0 Å². The van der Waals surface area contributed by atoms with E-state index in [4.69, 9.17) is 29.6 Å². The minimum atomic E-state index is -0.903. The molecule has 0 radical (unpaired) electrons. The number of imidazole rings is 1. The average Bonchev–Trinajstić information content (AvgIpc) is 2.56. The molecule has 4 nitrogen and oxygen atoms in total. The average molecular weight is 270 g/mol. The second-order valence-corrected chi connectivity index (χ2v) is 5.12. The first-order valence-corrected chi connectivity index (χ1v) is 5.84. The number of nitrogens with two attached hydrogens (primary N) is 1. The van der Waals surface area contributed by atoms with E-state index in [1.54, 1.807) is 30.5 Å². The number of nitrogens with one attached hydrogen (secondary N) is 1. The van der Waals surface area contributed by atoms with Gasteiger partial charge in [-0.1, -0.05) is 17.7 Å². The Balaban J connectivity index is 2.88. The van der Waals surface area contributed by atoms with E-state index < -0.39 is 11.4 Å². The number of carbonyl (C=O) groups is 1. The van der Waals surface area contributed by atoms with E-state index in [0.29, 0.717) is 15.3 Å². The number of rotatable bonds is 2. The summed E-state index contributed by atoms with van der Waals surface area (Å²) in [5.74, 6) is -0.450. The third-order valence-corrected chi connectivity index (χ3v) is 3.43. The van der Waals surface area contributed by atoms with Crippen LogP contribution in [0.25, 0.3) is 11.0 Å². The lowest BCUT2D eigenvalue weighted by molar-refractivity contribution is -0.124. The van der Waals surface area contributed by atoms with Gasteiger partial charge in [0.15, 0.2) is 4.77 Å². The van der Waals surface area contributed by atoms with Crippen LogP contribution in [0.1, 0.15) is 13.8 Å². The highest BCUT2D eigenvalue weighted by Crippen LogP contribution is 2.27. The highest BCUT2D eigenvalue weighted by atomic mass is 35.5. The summed E-state index contributed by atoms with van der Waals surface area (Å²) in [5.41, 5.74) is 5.99. The van der Waals surface area contributed by atoms with Crippen molar-refractivity contribution in [1.29, 1.82) is 0 Å². The Bertz CT molecular complexity index is 656. The van der Waals surface area contributed by atoms with Crippen molar-refractivity contribution in [2.45, 2.75) is 19.4 Å². The number of hydrogen-bond donors (Lipinski definition) is 2. The predicted molar refractivity (Wildman–Crippen MR) is 70.6 cm³/mol. The SMILES string of the molecule is CC(C)(C(N)=O)n1c(=S)[nH]c2c(Cl)cccc21. The van der Waals surface area contributed by atoms with Gasteiger partial charge in [-0.3, -0.25) is 4.79 Å². The monoisotopic (exact) mass is 269 g/mol. The maximum Gasteiger partial charge on any atom is 0.243 e. The van der Waals surface area contributed by atoms with E-state index in [-0.39, 0.29) is 0 Å². The summed E-state index contributed by atoms with van der Waals surface area (Å²) < 4.78 is 2.11. The standard InChI is InChI=1S/C11H12ClN3OS/c1-11(2,9(13)16)15-7-5-3-4-6(12)8(7)14-10(15)17/h3-5H,1-2H3,(H2,13,16)(H,14,17). The zero-order valence-corrected chi connectivity index (χ0v) is 11.0. The van der Waals surface area contributed by atoms with Crippen LogP contribution in [-0.4, -0.2) is 15.5 Å². The first kappa shape index (κ1) is 12.1. The number of amides is 1. The Kier molecular flexibility index (Phi) is 2.75. The van der Waals surface area contributed by atoms with E-state index in [2.05, 4.69) is 4.98 Å². The van der Waals surface area contributed by atoms with Crippen LogP contribution >= 0.6 is 23.8 Å². The minimum Gasteiger partial charge on any atom is -0.368 e. The van der Waals surface area contributed by atoms with Gasteiger partial charge in [-0.25, -0.2) is 0 Å². The van der Waals surface area contributed by atoms with Gasteiger partial charge in [0.2, 0.25) is 5.91 Å². The molecule has 6 heteroatoms. The summed E-state index contributed by atoms with van der Waals surface area (Å²) in [6.07, 6.45) is 0. The molecule has 0 bridgehead atoms. The second-order valence-electron chi connectivity index (χ2n) is 4.32. The van der Waals surface area contributed by atoms with Crippen molar-refractivity contribution in [2.75, 3.05) is 0 Å². The quantitative estimate of drug-likeness (QED) is 0.823. The summed E-state index contributed by atoms with van der Waals surface area (Å²) in [5, 5.41) is 0.563. The molecular weight excluding hydrogens is 258 g/mol. The Hall–Kier alpha value is -1.33. The lowest BCUT2D eigenvalue weighted by atomic mass is 10.0. The molecule has 0 fully saturated rings. The molecule has 1 aromatic carbocycles. The number of aromatic amines is 1. The molecular formula is C11H12ClN3OS. The largest absolute Gasteiger partial charge is 0.368 e. The van der Waals surface area contributed by atoms with Crippen LogP contribution < -0.4 is 5.73 Å². The van der Waals surface area contributed by atoms with Gasteiger partial charge in [-0.05, 0) is 38.2 Å². The third kappa shape index (κ3) is 1.75. The number of nitrogens with zero attached hydrogens (tertiary/aromatic N) is 1. The van der Waals surface area contributed by atoms with E-state index in [9.17, 15) is 4.79 Å². The topological polar surface area (TPSA) is 63.8 Å². The zero-order valence-electron chi connectivity index (χ0n) is 9.45. The maximum atomic E-state index is 11.5. The van der Waals surface area contributed by atoms with Gasteiger partial charge in [-0.15, -0.1) is 0 Å². The third-order valence-electron chi connectivity index (χ3n) is 2.83. The van der Waals surface area contributed by atoms with Gasteiger partial charge >= 0.3 is 0 Å². The number of primary amides is 1. The van der Waals surface area contributed by atoms with Gasteiger partial charge < -0.3 is 15.3 Å². The fraction of sp³-hybridized carbons (Fsp3) is 0.273. The van der Waals surface area contributed by atoms with Crippen molar-refractivity contribution in [2.24, 2.45) is 5.73 Å². The first-order chi connectivity index (χ1) is 7.85. The molecule has 3 N–H and O–H groups in total. The molecule has 1 heterocycles. The van der Waals surface area contributed by atoms with E-state index in [0.717, 1.165) is 5.52 Å². The molecule has 0 saturated carbocycles. The molecule has 1 amide bonds. The van der Waals surface area contributed by atoms with Gasteiger partial charge in [0.05, 0.1) is 16.1 Å². The number of carbonyl (C=O) groups excluding carboxylic acids is 1. The van der Waals surface area contributed by atoms with Crippen LogP contribution in [0.3, 0.4) is 0 Å². The summed E-state index contributed by atoms with van der Waals surface area (Å²) in [4.78, 5) is 14.5. The molecule has 0 aliphatic carbocycles. The van der Waals surface area contributed by atoms with Crippen molar-refractivity contribution >= 4 is 40.8 Å². The van der Waals surface area contributed by atoms with Crippen LogP contribution in [0.5, 0.6) is 0 Å². The maximum absolute atomic E-state index is 11.5. The van der Waals surface area contributed by atoms with Crippen LogP contribution in [-0.2, 0) is 10.3 Å². The second kappa shape index (κ2) is 3.85. The molecule has 0 unspecified atom stereocenters. The number of halogens is 1. The van der Waals surface area contributed by atoms with Gasteiger partial charge in [-0.2, -0.15) is 0 Å². The Morgan fingerprint density at radius 2 is 2.18 bits per heavy atom. The number of hydrogen-bond acceptors (Lipinski definition) is 2. The van der Waals surface area contributed by atoms with Crippen molar-refractivity contribution in [3.8, 4) is 0 Å². The molecule has 17 heavy (non-hydrogen) atoms. The van der Waals surface area contributed by atoms with E-state index in [1.165, 1.54) is 0 Å². The van der Waals surface area contributed by atoms with Crippen LogP contribution in [0, 0.1) is 4.77 Å². The highest BCUT2D eigenvalue weighted by Gasteiger charge is 2.29.